The van der Waals surface area contributed by atoms with Crippen LogP contribution in [0.4, 0.5) is 23.0 Å². The van der Waals surface area contributed by atoms with Gasteiger partial charge in [0.1, 0.15) is 5.78 Å². The zero-order valence-electron chi connectivity index (χ0n) is 19.5. The number of hydrogen-bond donors (Lipinski definition) is 2. The molecule has 0 amide bonds. The van der Waals surface area contributed by atoms with E-state index in [-0.39, 0.29) is 5.78 Å². The van der Waals surface area contributed by atoms with E-state index in [0.29, 0.717) is 67.0 Å². The lowest BCUT2D eigenvalue weighted by Gasteiger charge is -2.15. The van der Waals surface area contributed by atoms with Crippen molar-refractivity contribution in [3.8, 4) is 0 Å². The summed E-state index contributed by atoms with van der Waals surface area (Å²) in [6, 6.07) is 16.1. The van der Waals surface area contributed by atoms with Gasteiger partial charge < -0.3 is 10.6 Å². The molecule has 2 N–H and O–H groups in total. The normalized spacial score (nSPS) is 11.0. The van der Waals surface area contributed by atoms with Crippen molar-refractivity contribution in [3.63, 3.8) is 0 Å². The second-order valence-corrected chi connectivity index (χ2v) is 10.1. The third-order valence-corrected chi connectivity index (χ3v) is 7.03. The zero-order valence-corrected chi connectivity index (χ0v) is 22.6. The van der Waals surface area contributed by atoms with E-state index in [1.54, 1.807) is 36.4 Å². The lowest BCUT2D eigenvalue weighted by atomic mass is 10.0. The fourth-order valence-electron chi connectivity index (χ4n) is 3.69. The molecule has 0 fully saturated rings. The molecule has 1 heterocycles. The molecule has 0 radical (unpaired) electrons. The molecular formula is C27H24Cl4N4O. The summed E-state index contributed by atoms with van der Waals surface area (Å²) in [4.78, 5) is 22.0. The predicted octanol–water partition coefficient (Wildman–Crippen LogP) is 9.42. The molecule has 3 aromatic carbocycles. The average Bonchev–Trinajstić information content (AvgIpc) is 2.84. The minimum absolute atomic E-state index is 0.225. The van der Waals surface area contributed by atoms with Crippen LogP contribution >= 0.6 is 46.4 Å². The highest BCUT2D eigenvalue weighted by Crippen LogP contribution is 2.32. The fraction of sp³-hybridized carbons (Fsp3) is 0.222. The molecule has 0 aliphatic rings. The van der Waals surface area contributed by atoms with Crippen LogP contribution in [0.25, 0.3) is 11.0 Å². The number of nitrogens with zero attached hydrogens (tertiary/aromatic N) is 2. The molecule has 4 rings (SSSR count). The minimum Gasteiger partial charge on any atom is -0.337 e. The van der Waals surface area contributed by atoms with Gasteiger partial charge in [-0.2, -0.15) is 0 Å². The Balaban J connectivity index is 1.68. The number of anilines is 4. The van der Waals surface area contributed by atoms with Crippen LogP contribution < -0.4 is 10.6 Å². The van der Waals surface area contributed by atoms with Crippen molar-refractivity contribution in [2.24, 2.45) is 0 Å². The highest BCUT2D eigenvalue weighted by molar-refractivity contribution is 6.42. The maximum absolute atomic E-state index is 12.4. The van der Waals surface area contributed by atoms with Crippen LogP contribution in [0.1, 0.15) is 38.2 Å². The summed E-state index contributed by atoms with van der Waals surface area (Å²) in [5, 5.41) is 8.27. The number of carbonyl (C=O) groups excluding carboxylic acids is 1. The highest BCUT2D eigenvalue weighted by atomic mass is 35.5. The SMILES string of the molecule is CCCCCC(=O)Cc1ccc2nc(Nc3ccc(Cl)c(Cl)c3)c(Nc3ccc(Cl)c(Cl)c3)nc2c1. The average molecular weight is 562 g/mol. The number of benzene rings is 3. The molecule has 0 saturated carbocycles. The van der Waals surface area contributed by atoms with Crippen molar-refractivity contribution < 1.29 is 4.79 Å². The second kappa shape index (κ2) is 12.1. The van der Waals surface area contributed by atoms with Gasteiger partial charge in [0, 0.05) is 24.2 Å². The maximum atomic E-state index is 12.4. The lowest BCUT2D eigenvalue weighted by Crippen LogP contribution is -2.05. The summed E-state index contributed by atoms with van der Waals surface area (Å²) in [5.41, 5.74) is 3.64. The van der Waals surface area contributed by atoms with Gasteiger partial charge in [0.25, 0.3) is 0 Å². The van der Waals surface area contributed by atoms with Gasteiger partial charge in [-0.3, -0.25) is 4.79 Å². The summed E-state index contributed by atoms with van der Waals surface area (Å²) in [7, 11) is 0. The number of ketones is 1. The molecule has 0 aliphatic heterocycles. The van der Waals surface area contributed by atoms with Crippen LogP contribution in [-0.2, 0) is 11.2 Å². The van der Waals surface area contributed by atoms with Crippen LogP contribution in [0, 0.1) is 0 Å². The van der Waals surface area contributed by atoms with Gasteiger partial charge in [-0.1, -0.05) is 72.2 Å². The van der Waals surface area contributed by atoms with Gasteiger partial charge in [-0.25, -0.2) is 9.97 Å². The Morgan fingerprint density at radius 2 is 1.31 bits per heavy atom. The van der Waals surface area contributed by atoms with E-state index in [1.807, 2.05) is 18.2 Å². The van der Waals surface area contributed by atoms with Gasteiger partial charge in [-0.15, -0.1) is 0 Å². The first-order valence-electron chi connectivity index (χ1n) is 11.6. The van der Waals surface area contributed by atoms with E-state index in [1.165, 1.54) is 0 Å². The lowest BCUT2D eigenvalue weighted by molar-refractivity contribution is -0.118. The molecule has 36 heavy (non-hydrogen) atoms. The summed E-state index contributed by atoms with van der Waals surface area (Å²) < 4.78 is 0. The molecule has 0 aliphatic carbocycles. The van der Waals surface area contributed by atoms with Gasteiger partial charge in [0.15, 0.2) is 11.6 Å². The van der Waals surface area contributed by atoms with Crippen molar-refractivity contribution in [2.45, 2.75) is 39.0 Å². The number of fused-ring (bicyclic) bond motifs is 1. The number of hydrogen-bond acceptors (Lipinski definition) is 5. The largest absolute Gasteiger partial charge is 0.337 e. The molecule has 0 spiro atoms. The molecule has 186 valence electrons. The van der Waals surface area contributed by atoms with Crippen molar-refractivity contribution in [3.05, 3.63) is 80.3 Å². The number of unbranched alkanes of at least 4 members (excludes halogenated alkanes) is 2. The molecule has 9 heteroatoms. The molecule has 0 atom stereocenters. The van der Waals surface area contributed by atoms with Gasteiger partial charge in [0.05, 0.1) is 31.1 Å². The molecular weight excluding hydrogens is 538 g/mol. The van der Waals surface area contributed by atoms with E-state index < -0.39 is 0 Å². The first-order valence-corrected chi connectivity index (χ1v) is 13.1. The Bertz CT molecular complexity index is 1410. The fourth-order valence-corrected chi connectivity index (χ4v) is 4.29. The number of nitrogens with one attached hydrogen (secondary N) is 2. The quantitative estimate of drug-likeness (QED) is 0.189. The monoisotopic (exact) mass is 560 g/mol. The van der Waals surface area contributed by atoms with E-state index in [0.717, 1.165) is 24.8 Å². The number of rotatable bonds is 10. The molecule has 0 unspecified atom stereocenters. The second-order valence-electron chi connectivity index (χ2n) is 8.42. The van der Waals surface area contributed by atoms with Crippen molar-refractivity contribution in [1.29, 1.82) is 0 Å². The van der Waals surface area contributed by atoms with Gasteiger partial charge in [0.2, 0.25) is 0 Å². The van der Waals surface area contributed by atoms with Crippen LogP contribution in [0.2, 0.25) is 20.1 Å². The van der Waals surface area contributed by atoms with E-state index in [4.69, 9.17) is 56.4 Å². The van der Waals surface area contributed by atoms with Crippen LogP contribution in [0.15, 0.2) is 54.6 Å². The van der Waals surface area contributed by atoms with Crippen molar-refractivity contribution in [2.75, 3.05) is 10.6 Å². The Labute approximate surface area is 230 Å². The van der Waals surface area contributed by atoms with Crippen molar-refractivity contribution >= 4 is 86.2 Å². The molecule has 0 saturated heterocycles. The summed E-state index contributed by atoms with van der Waals surface area (Å²) in [5.74, 6) is 1.18. The third-order valence-electron chi connectivity index (χ3n) is 5.55. The Hall–Kier alpha value is -2.57. The number of carbonyl (C=O) groups is 1. The molecule has 1 aromatic heterocycles. The smallest absolute Gasteiger partial charge is 0.174 e. The van der Waals surface area contributed by atoms with E-state index in [2.05, 4.69) is 17.6 Å². The number of aromatic nitrogens is 2. The summed E-state index contributed by atoms with van der Waals surface area (Å²) >= 11 is 24.5. The van der Waals surface area contributed by atoms with Gasteiger partial charge >= 0.3 is 0 Å². The first-order chi connectivity index (χ1) is 17.3. The van der Waals surface area contributed by atoms with Gasteiger partial charge in [-0.05, 0) is 60.5 Å². The first kappa shape index (κ1) is 26.5. The Morgan fingerprint density at radius 3 is 1.86 bits per heavy atom. The van der Waals surface area contributed by atoms with E-state index >= 15 is 0 Å². The Kier molecular flexibility index (Phi) is 8.91. The van der Waals surface area contributed by atoms with E-state index in [9.17, 15) is 4.79 Å². The van der Waals surface area contributed by atoms with Crippen LogP contribution in [-0.4, -0.2) is 15.8 Å². The summed E-state index contributed by atoms with van der Waals surface area (Å²) in [6.45, 7) is 2.13. The summed E-state index contributed by atoms with van der Waals surface area (Å²) in [6.07, 6.45) is 4.04. The number of halogens is 4. The molecule has 0 bridgehead atoms. The minimum atomic E-state index is 0.225. The zero-order chi connectivity index (χ0) is 25.7. The predicted molar refractivity (Wildman–Crippen MR) is 152 cm³/mol. The van der Waals surface area contributed by atoms with Crippen LogP contribution in [0.5, 0.6) is 0 Å². The molecule has 4 aromatic rings. The standard InChI is InChI=1S/C27H24Cl4N4O/c1-2-3-4-5-19(36)12-16-6-11-24-25(13-16)35-27(33-18-8-10-21(29)23(31)15-18)26(34-24)32-17-7-9-20(28)22(30)14-17/h6-11,13-15H,2-5,12H2,1H3,(H,32,34)(H,33,35). The number of Topliss-reactive ketones (excluding diaryl/α,β-unsaturated/α-hetero) is 1. The highest BCUT2D eigenvalue weighted by Gasteiger charge is 2.13. The van der Waals surface area contributed by atoms with Crippen molar-refractivity contribution in [1.82, 2.24) is 9.97 Å². The molecule has 5 nitrogen and oxygen atoms in total. The Morgan fingerprint density at radius 1 is 0.722 bits per heavy atom. The topological polar surface area (TPSA) is 66.9 Å². The van der Waals surface area contributed by atoms with Crippen LogP contribution in [0.3, 0.4) is 0 Å². The maximum Gasteiger partial charge on any atom is 0.174 e. The third kappa shape index (κ3) is 6.80.